The van der Waals surface area contributed by atoms with E-state index in [0.717, 1.165) is 0 Å². The summed E-state index contributed by atoms with van der Waals surface area (Å²) >= 11 is 0. The molecule has 0 saturated carbocycles. The zero-order chi connectivity index (χ0) is 14.3. The van der Waals surface area contributed by atoms with E-state index in [9.17, 15) is 0 Å². The third-order valence-corrected chi connectivity index (χ3v) is 0. The average Bonchev–Trinajstić information content (AvgIpc) is 1.76. The molecule has 0 aliphatic rings. The van der Waals surface area contributed by atoms with E-state index in [0.29, 0.717) is 0 Å². The van der Waals surface area contributed by atoms with Crippen molar-refractivity contribution in [2.45, 2.75) is 0 Å². The number of rotatable bonds is 0. The van der Waals surface area contributed by atoms with Crippen LogP contribution in [0.3, 0.4) is 0 Å². The summed E-state index contributed by atoms with van der Waals surface area (Å²) in [5, 5.41) is 59.0. The van der Waals surface area contributed by atoms with Crippen LogP contribution in [0, 0.1) is 61.3 Å². The maximum atomic E-state index is 8.25. The predicted molar refractivity (Wildman–Crippen MR) is 61.7 cm³/mol. The van der Waals surface area contributed by atoms with Crippen LogP contribution in [0.25, 0.3) is 0 Å². The summed E-state index contributed by atoms with van der Waals surface area (Å²) in [4.78, 5) is 33.0. The summed E-state index contributed by atoms with van der Waals surface area (Å²) in [6, 6.07) is 0. The zero-order valence-electron chi connectivity index (χ0n) is 10.1. The van der Waals surface area contributed by atoms with E-state index in [-0.39, 0.29) is 79.1 Å². The van der Waals surface area contributed by atoms with Gasteiger partial charge in [-0.3, -0.25) is 0 Å². The van der Waals surface area contributed by atoms with Gasteiger partial charge in [-0.1, -0.05) is 0 Å². The predicted octanol–water partition coefficient (Wildman–Crippen LogP) is -4.64. The molecule has 128 valence electrons. The fourth-order valence-corrected chi connectivity index (χ4v) is 0. The van der Waals surface area contributed by atoms with Gasteiger partial charge in [-0.15, -0.1) is 0 Å². The van der Waals surface area contributed by atoms with E-state index in [2.05, 4.69) is 0 Å². The summed E-state index contributed by atoms with van der Waals surface area (Å²) in [6.07, 6.45) is 0. The molecule has 22 heteroatoms. The van der Waals surface area contributed by atoms with Gasteiger partial charge in [0.1, 0.15) is 0 Å². The summed E-state index contributed by atoms with van der Waals surface area (Å²) in [6.45, 7) is 0. The topological polar surface area (TPSA) is 391 Å². The standard InChI is InChI=1S/Ca.4NO3.4H2O.Zn/c;4*2-1(3)4;;;;;/h;;;;;4*1H2;/q+2;4*-1;;;;;+2. The van der Waals surface area contributed by atoms with Crippen LogP contribution in [-0.2, 0) is 19.5 Å². The van der Waals surface area contributed by atoms with Crippen molar-refractivity contribution in [1.82, 2.24) is 0 Å². The molecule has 0 saturated heterocycles. The van der Waals surface area contributed by atoms with Gasteiger partial charge in [0.15, 0.2) is 0 Å². The van der Waals surface area contributed by atoms with Crippen LogP contribution in [0.4, 0.5) is 0 Å². The molecule has 0 radical (unpaired) electrons. The molecule has 0 rings (SSSR count). The zero-order valence-corrected chi connectivity index (χ0v) is 15.3. The van der Waals surface area contributed by atoms with Crippen molar-refractivity contribution < 1.29 is 61.7 Å². The molecule has 0 heterocycles. The smallest absolute Gasteiger partial charge is 0.412 e. The summed E-state index contributed by atoms with van der Waals surface area (Å²) < 4.78 is 0. The van der Waals surface area contributed by atoms with Crippen molar-refractivity contribution in [2.24, 2.45) is 0 Å². The van der Waals surface area contributed by atoms with Gasteiger partial charge in [-0.2, -0.15) is 0 Å². The van der Waals surface area contributed by atoms with Crippen molar-refractivity contribution >= 4 is 37.7 Å². The number of hydrogen-bond donors (Lipinski definition) is 0. The molecule has 0 aliphatic heterocycles. The van der Waals surface area contributed by atoms with E-state index in [1.165, 1.54) is 0 Å². The molecule has 0 spiro atoms. The molecular weight excluding hydrogens is 417 g/mol. The largest absolute Gasteiger partial charge is 2.00 e. The van der Waals surface area contributed by atoms with Crippen LogP contribution in [0.5, 0.6) is 0 Å². The van der Waals surface area contributed by atoms with Crippen LogP contribution in [-0.4, -0.2) is 80.0 Å². The first-order chi connectivity index (χ1) is 6.93. The number of nitrogens with zero attached hydrogens (tertiary/aromatic N) is 4. The molecule has 0 aromatic heterocycles. The Morgan fingerprint density at radius 1 is 0.409 bits per heavy atom. The molecule has 0 aromatic carbocycles. The molecule has 20 nitrogen and oxygen atoms in total. The Labute approximate surface area is 160 Å². The molecular formula is H8CaN4O16Zn. The Kier molecular flexibility index (Phi) is 194. The van der Waals surface area contributed by atoms with Gasteiger partial charge in [0, 0.05) is 0 Å². The SMILES string of the molecule is O.O.O.O.O=[N+]([O-])[O-].O=[N+]([O-])[O-].O=[N+]([O-])[O-].O=[N+]([O-])[O-].[Ca+2].[Zn+2]. The Morgan fingerprint density at radius 2 is 0.409 bits per heavy atom. The van der Waals surface area contributed by atoms with Gasteiger partial charge in [0.05, 0.1) is 20.3 Å². The Morgan fingerprint density at radius 3 is 0.409 bits per heavy atom. The van der Waals surface area contributed by atoms with E-state index in [1.54, 1.807) is 0 Å². The monoisotopic (exact) mass is 424 g/mol. The Hall–Kier alpha value is -1.48. The molecule has 0 aliphatic carbocycles. The van der Waals surface area contributed by atoms with Gasteiger partial charge in [-0.25, -0.2) is 0 Å². The van der Waals surface area contributed by atoms with Gasteiger partial charge in [-0.05, 0) is 0 Å². The normalized spacial score (nSPS) is 4.36. The summed E-state index contributed by atoms with van der Waals surface area (Å²) in [7, 11) is 0. The maximum Gasteiger partial charge on any atom is 2.00 e. The second kappa shape index (κ2) is 60.5. The van der Waals surface area contributed by atoms with Gasteiger partial charge in [0.25, 0.3) is 0 Å². The molecule has 0 aromatic rings. The fourth-order valence-electron chi connectivity index (χ4n) is 0. The summed E-state index contributed by atoms with van der Waals surface area (Å²) in [5.41, 5.74) is 0. The molecule has 0 amide bonds. The van der Waals surface area contributed by atoms with Crippen molar-refractivity contribution in [3.63, 3.8) is 0 Å². The van der Waals surface area contributed by atoms with E-state index >= 15 is 0 Å². The van der Waals surface area contributed by atoms with Crippen LogP contribution in [0.15, 0.2) is 0 Å². The van der Waals surface area contributed by atoms with Gasteiger partial charge < -0.3 is 83.2 Å². The minimum Gasteiger partial charge on any atom is -0.412 e. The van der Waals surface area contributed by atoms with Crippen LogP contribution < -0.4 is 0 Å². The third-order valence-electron chi connectivity index (χ3n) is 0. The van der Waals surface area contributed by atoms with Crippen LogP contribution in [0.2, 0.25) is 0 Å². The molecule has 8 N–H and O–H groups in total. The molecule has 0 atom stereocenters. The van der Waals surface area contributed by atoms with Crippen molar-refractivity contribution in [3.05, 3.63) is 61.3 Å². The molecule has 0 fully saturated rings. The molecule has 0 bridgehead atoms. The first-order valence-electron chi connectivity index (χ1n) is 2.19. The maximum absolute atomic E-state index is 8.25. The Bertz CT molecular complexity index is 166. The Balaban J connectivity index is -0.00000001000. The fraction of sp³-hybridized carbons (Fsp3) is 0. The minimum absolute atomic E-state index is 0. The first kappa shape index (κ1) is 70.6. The van der Waals surface area contributed by atoms with E-state index in [4.69, 9.17) is 61.3 Å². The van der Waals surface area contributed by atoms with Crippen molar-refractivity contribution in [3.8, 4) is 0 Å². The average molecular weight is 426 g/mol. The first-order valence-corrected chi connectivity index (χ1v) is 2.19. The molecule has 22 heavy (non-hydrogen) atoms. The van der Waals surface area contributed by atoms with Crippen molar-refractivity contribution in [2.75, 3.05) is 0 Å². The summed E-state index contributed by atoms with van der Waals surface area (Å²) in [5.74, 6) is 0. The third kappa shape index (κ3) is 2610. The van der Waals surface area contributed by atoms with E-state index < -0.39 is 20.3 Å². The van der Waals surface area contributed by atoms with Gasteiger partial charge >= 0.3 is 57.2 Å². The number of hydrogen-bond acceptors (Lipinski definition) is 12. The van der Waals surface area contributed by atoms with E-state index in [1.807, 2.05) is 0 Å². The quantitative estimate of drug-likeness (QED) is 0.200. The second-order valence-corrected chi connectivity index (χ2v) is 0.894. The molecule has 0 unspecified atom stereocenters. The minimum atomic E-state index is -1.75. The van der Waals surface area contributed by atoms with Crippen LogP contribution >= 0.6 is 0 Å². The van der Waals surface area contributed by atoms with Crippen LogP contribution in [0.1, 0.15) is 0 Å². The van der Waals surface area contributed by atoms with Crippen molar-refractivity contribution in [1.29, 1.82) is 0 Å². The van der Waals surface area contributed by atoms with Gasteiger partial charge in [0.2, 0.25) is 0 Å². The second-order valence-electron chi connectivity index (χ2n) is 0.894.